The minimum absolute atomic E-state index is 0.412. The largest absolute Gasteiger partial charge is 0.495 e. The molecule has 1 aromatic heterocycles. The van der Waals surface area contributed by atoms with E-state index in [1.165, 1.54) is 22.5 Å². The molecule has 0 spiro atoms. The molecule has 1 aliphatic carbocycles. The zero-order chi connectivity index (χ0) is 18.8. The maximum absolute atomic E-state index is 5.54. The molecule has 1 atom stereocenters. The molecule has 5 nitrogen and oxygen atoms in total. The summed E-state index contributed by atoms with van der Waals surface area (Å²) in [6.07, 6.45) is 2.27. The summed E-state index contributed by atoms with van der Waals surface area (Å²) in [5.74, 6) is 0.782. The van der Waals surface area contributed by atoms with E-state index in [2.05, 4.69) is 46.6 Å². The van der Waals surface area contributed by atoms with Crippen LogP contribution in [-0.4, -0.2) is 28.8 Å². The van der Waals surface area contributed by atoms with Crippen LogP contribution in [0.3, 0.4) is 0 Å². The molecule has 1 aliphatic rings. The Morgan fingerprint density at radius 3 is 2.89 bits per heavy atom. The third-order valence-corrected chi connectivity index (χ3v) is 6.17. The van der Waals surface area contributed by atoms with Crippen LogP contribution in [0.1, 0.15) is 23.6 Å². The number of hydrogen-bond acceptors (Lipinski definition) is 6. The lowest BCUT2D eigenvalue weighted by Crippen LogP contribution is -2.26. The Labute approximate surface area is 168 Å². The number of nitrogens with one attached hydrogen (secondary N) is 1. The molecule has 1 unspecified atom stereocenters. The van der Waals surface area contributed by atoms with Crippen LogP contribution in [0.2, 0.25) is 0 Å². The van der Waals surface area contributed by atoms with Crippen LogP contribution in [0, 0.1) is 3.95 Å². The molecular weight excluding hydrogens is 376 g/mol. The molecule has 4 rings (SSSR count). The van der Waals surface area contributed by atoms with Crippen molar-refractivity contribution in [2.24, 2.45) is 0 Å². The van der Waals surface area contributed by atoms with Crippen LogP contribution in [0.4, 0.5) is 10.8 Å². The molecule has 27 heavy (non-hydrogen) atoms. The fourth-order valence-electron chi connectivity index (χ4n) is 3.61. The summed E-state index contributed by atoms with van der Waals surface area (Å²) in [6, 6.07) is 16.9. The van der Waals surface area contributed by atoms with Gasteiger partial charge in [0.1, 0.15) is 5.75 Å². The first-order valence-electron chi connectivity index (χ1n) is 8.92. The molecule has 0 aliphatic heterocycles. The predicted octanol–water partition coefficient (Wildman–Crippen LogP) is 5.00. The van der Waals surface area contributed by atoms with Crippen molar-refractivity contribution < 1.29 is 4.74 Å². The molecular formula is C20H22N4OS2. The van der Waals surface area contributed by atoms with Gasteiger partial charge in [-0.25, -0.2) is 4.68 Å². The van der Waals surface area contributed by atoms with E-state index >= 15 is 0 Å². The maximum Gasteiger partial charge on any atom is 0.209 e. The van der Waals surface area contributed by atoms with Crippen molar-refractivity contribution in [1.82, 2.24) is 14.7 Å². The van der Waals surface area contributed by atoms with Gasteiger partial charge in [-0.05, 0) is 55.4 Å². The summed E-state index contributed by atoms with van der Waals surface area (Å²) in [4.78, 5) is 2.33. The molecule has 7 heteroatoms. The first-order chi connectivity index (χ1) is 13.2. The van der Waals surface area contributed by atoms with Gasteiger partial charge in [0.15, 0.2) is 3.95 Å². The van der Waals surface area contributed by atoms with Gasteiger partial charge in [0.25, 0.3) is 0 Å². The molecule has 3 aromatic rings. The number of fused-ring (bicyclic) bond motifs is 1. The van der Waals surface area contributed by atoms with Gasteiger partial charge in [-0.15, -0.1) is 5.10 Å². The van der Waals surface area contributed by atoms with Crippen molar-refractivity contribution in [3.05, 3.63) is 63.6 Å². The molecule has 2 aromatic carbocycles. The van der Waals surface area contributed by atoms with Crippen molar-refractivity contribution in [1.29, 1.82) is 0 Å². The standard InChI is InChI=1S/C20H22N4OS2/c1-23(17-12-11-14-7-3-4-8-15(14)17)13-24-20(26)27-19(22-24)21-16-9-5-6-10-18(16)25-2/h3-10,17H,11-13H2,1-2H3,(H,21,22). The van der Waals surface area contributed by atoms with Gasteiger partial charge in [-0.1, -0.05) is 47.7 Å². The average molecular weight is 399 g/mol. The predicted molar refractivity (Wildman–Crippen MR) is 112 cm³/mol. The Morgan fingerprint density at radius 1 is 1.26 bits per heavy atom. The lowest BCUT2D eigenvalue weighted by Gasteiger charge is -2.24. The van der Waals surface area contributed by atoms with E-state index in [9.17, 15) is 0 Å². The zero-order valence-electron chi connectivity index (χ0n) is 15.4. The third kappa shape index (κ3) is 3.76. The minimum Gasteiger partial charge on any atom is -0.495 e. The van der Waals surface area contributed by atoms with E-state index in [-0.39, 0.29) is 0 Å². The summed E-state index contributed by atoms with van der Waals surface area (Å²) >= 11 is 7.01. The number of aryl methyl sites for hydroxylation is 1. The van der Waals surface area contributed by atoms with Crippen LogP contribution in [0.15, 0.2) is 48.5 Å². The Morgan fingerprint density at radius 2 is 2.04 bits per heavy atom. The van der Waals surface area contributed by atoms with Gasteiger partial charge in [0, 0.05) is 6.04 Å². The highest BCUT2D eigenvalue weighted by molar-refractivity contribution is 7.73. The average Bonchev–Trinajstić information content (AvgIpc) is 3.26. The lowest BCUT2D eigenvalue weighted by molar-refractivity contribution is 0.183. The number of anilines is 2. The van der Waals surface area contributed by atoms with Crippen molar-refractivity contribution in [3.8, 4) is 5.75 Å². The van der Waals surface area contributed by atoms with Crippen molar-refractivity contribution >= 4 is 34.4 Å². The first kappa shape index (κ1) is 18.2. The van der Waals surface area contributed by atoms with Gasteiger partial charge in [-0.3, -0.25) is 4.90 Å². The maximum atomic E-state index is 5.54. The zero-order valence-corrected chi connectivity index (χ0v) is 17.0. The summed E-state index contributed by atoms with van der Waals surface area (Å²) in [5.41, 5.74) is 3.76. The van der Waals surface area contributed by atoms with Crippen molar-refractivity contribution in [3.63, 3.8) is 0 Å². The van der Waals surface area contributed by atoms with E-state index < -0.39 is 0 Å². The molecule has 1 N–H and O–H groups in total. The van der Waals surface area contributed by atoms with Crippen LogP contribution in [0.5, 0.6) is 5.75 Å². The molecule has 0 amide bonds. The molecule has 0 bridgehead atoms. The van der Waals surface area contributed by atoms with E-state index in [4.69, 9.17) is 17.0 Å². The van der Waals surface area contributed by atoms with Crippen molar-refractivity contribution in [2.75, 3.05) is 19.5 Å². The highest BCUT2D eigenvalue weighted by Crippen LogP contribution is 2.35. The number of aromatic nitrogens is 2. The highest BCUT2D eigenvalue weighted by atomic mass is 32.1. The number of ether oxygens (including phenoxy) is 1. The summed E-state index contributed by atoms with van der Waals surface area (Å²) in [6.45, 7) is 0.669. The van der Waals surface area contributed by atoms with Gasteiger partial charge < -0.3 is 10.1 Å². The molecule has 0 saturated carbocycles. The molecule has 140 valence electrons. The van der Waals surface area contributed by atoms with Crippen molar-refractivity contribution in [2.45, 2.75) is 25.6 Å². The van der Waals surface area contributed by atoms with Gasteiger partial charge >= 0.3 is 0 Å². The van der Waals surface area contributed by atoms with E-state index in [1.54, 1.807) is 7.11 Å². The number of nitrogens with zero attached hydrogens (tertiary/aromatic N) is 3. The second kappa shape index (κ2) is 7.80. The Hall–Kier alpha value is -2.22. The second-order valence-electron chi connectivity index (χ2n) is 6.65. The van der Waals surface area contributed by atoms with Crippen LogP contribution < -0.4 is 10.1 Å². The number of rotatable bonds is 6. The Balaban J connectivity index is 1.50. The Bertz CT molecular complexity index is 997. The fourth-order valence-corrected chi connectivity index (χ4v) is 4.62. The molecule has 0 radical (unpaired) electrons. The van der Waals surface area contributed by atoms with Crippen LogP contribution in [-0.2, 0) is 13.1 Å². The van der Waals surface area contributed by atoms with Crippen LogP contribution >= 0.6 is 23.6 Å². The van der Waals surface area contributed by atoms with Gasteiger partial charge in [0.05, 0.1) is 19.5 Å². The smallest absolute Gasteiger partial charge is 0.209 e. The van der Waals surface area contributed by atoms with Crippen LogP contribution in [0.25, 0.3) is 0 Å². The van der Waals surface area contributed by atoms with E-state index in [0.717, 1.165) is 33.4 Å². The third-order valence-electron chi connectivity index (χ3n) is 4.95. The topological polar surface area (TPSA) is 42.3 Å². The Kier molecular flexibility index (Phi) is 5.24. The summed E-state index contributed by atoms with van der Waals surface area (Å²) in [7, 11) is 3.80. The molecule has 0 fully saturated rings. The fraction of sp³-hybridized carbons (Fsp3) is 0.300. The summed E-state index contributed by atoms with van der Waals surface area (Å²) in [5, 5.41) is 8.76. The number of methoxy groups -OCH3 is 1. The van der Waals surface area contributed by atoms with Gasteiger partial charge in [0.2, 0.25) is 5.13 Å². The SMILES string of the molecule is COc1ccccc1Nc1nn(CN(C)C2CCc3ccccc32)c(=S)s1. The first-order valence-corrected chi connectivity index (χ1v) is 10.1. The summed E-state index contributed by atoms with van der Waals surface area (Å²) < 4.78 is 8.04. The molecule has 1 heterocycles. The number of para-hydroxylation sites is 2. The number of benzene rings is 2. The van der Waals surface area contributed by atoms with Gasteiger partial charge in [-0.2, -0.15) is 0 Å². The highest BCUT2D eigenvalue weighted by Gasteiger charge is 2.25. The van der Waals surface area contributed by atoms with E-state index in [1.807, 2.05) is 28.9 Å². The number of hydrogen-bond donors (Lipinski definition) is 1. The van der Waals surface area contributed by atoms with E-state index in [0.29, 0.717) is 12.7 Å². The molecule has 0 saturated heterocycles. The second-order valence-corrected chi connectivity index (χ2v) is 8.27. The normalized spacial score (nSPS) is 15.7. The quantitative estimate of drug-likeness (QED) is 0.592. The lowest BCUT2D eigenvalue weighted by atomic mass is 10.1. The monoisotopic (exact) mass is 398 g/mol. The minimum atomic E-state index is 0.412.